The monoisotopic (exact) mass is 408 g/mol. The lowest BCUT2D eigenvalue weighted by atomic mass is 9.90. The number of guanidine groups is 1. The van der Waals surface area contributed by atoms with Crippen LogP contribution in [0.2, 0.25) is 0 Å². The molecular weight excluding hydrogens is 376 g/mol. The van der Waals surface area contributed by atoms with E-state index < -0.39 is 0 Å². The Hall–Kier alpha value is -3.02. The van der Waals surface area contributed by atoms with E-state index in [1.165, 1.54) is 0 Å². The average Bonchev–Trinajstić information content (AvgIpc) is 2.72. The van der Waals surface area contributed by atoms with Gasteiger partial charge >= 0.3 is 0 Å². The number of para-hydroxylation sites is 1. The predicted octanol–water partition coefficient (Wildman–Crippen LogP) is 3.79. The molecule has 1 amide bonds. The first-order chi connectivity index (χ1) is 14.4. The second-order valence-corrected chi connectivity index (χ2v) is 8.05. The van der Waals surface area contributed by atoms with Crippen LogP contribution in [0, 0.1) is 0 Å². The minimum Gasteiger partial charge on any atom is -0.487 e. The van der Waals surface area contributed by atoms with E-state index in [1.54, 1.807) is 0 Å². The molecule has 1 aliphatic rings. The number of fused-ring (bicyclic) bond motifs is 1. The van der Waals surface area contributed by atoms with E-state index in [2.05, 4.69) is 42.8 Å². The van der Waals surface area contributed by atoms with Gasteiger partial charge in [-0.3, -0.25) is 4.79 Å². The summed E-state index contributed by atoms with van der Waals surface area (Å²) in [4.78, 5) is 16.7. The Morgan fingerprint density at radius 3 is 2.47 bits per heavy atom. The normalized spacial score (nSPS) is 17.5. The maximum Gasteiger partial charge on any atom is 0.251 e. The number of carbonyl (C=O) groups is 1. The minimum absolute atomic E-state index is 0.0525. The van der Waals surface area contributed by atoms with Crippen molar-refractivity contribution in [3.63, 3.8) is 0 Å². The summed E-state index contributed by atoms with van der Waals surface area (Å²) in [5, 5.41) is 9.73. The molecule has 1 aliphatic heterocycles. The van der Waals surface area contributed by atoms with Gasteiger partial charge in [0, 0.05) is 30.6 Å². The summed E-state index contributed by atoms with van der Waals surface area (Å²) in [5.41, 5.74) is 2.61. The number of rotatable bonds is 6. The van der Waals surface area contributed by atoms with Crippen molar-refractivity contribution in [3.05, 3.63) is 65.2 Å². The molecule has 0 saturated heterocycles. The van der Waals surface area contributed by atoms with E-state index in [4.69, 9.17) is 9.73 Å². The molecule has 3 N–H and O–H groups in total. The number of carbonyl (C=O) groups excluding carboxylic acids is 1. The Bertz CT molecular complexity index is 890. The number of benzene rings is 2. The molecule has 0 saturated carbocycles. The number of amides is 1. The third kappa shape index (κ3) is 5.53. The minimum atomic E-state index is -0.252. The van der Waals surface area contributed by atoms with Crippen LogP contribution in [0.1, 0.15) is 61.6 Å². The van der Waals surface area contributed by atoms with Crippen molar-refractivity contribution in [3.8, 4) is 5.75 Å². The molecule has 0 radical (unpaired) electrons. The summed E-state index contributed by atoms with van der Waals surface area (Å²) >= 11 is 0. The quantitative estimate of drug-likeness (QED) is 0.502. The van der Waals surface area contributed by atoms with Gasteiger partial charge in [-0.25, -0.2) is 4.99 Å². The van der Waals surface area contributed by atoms with Gasteiger partial charge in [0.2, 0.25) is 0 Å². The van der Waals surface area contributed by atoms with E-state index >= 15 is 0 Å². The Kier molecular flexibility index (Phi) is 6.98. The van der Waals surface area contributed by atoms with Gasteiger partial charge in [-0.05, 0) is 51.5 Å². The average molecular weight is 409 g/mol. The lowest BCUT2D eigenvalue weighted by Gasteiger charge is -2.38. The van der Waals surface area contributed by atoms with Crippen LogP contribution in [0.3, 0.4) is 0 Å². The smallest absolute Gasteiger partial charge is 0.251 e. The predicted molar refractivity (Wildman–Crippen MR) is 121 cm³/mol. The number of hydrogen-bond donors (Lipinski definition) is 3. The van der Waals surface area contributed by atoms with Crippen LogP contribution in [0.15, 0.2) is 53.5 Å². The van der Waals surface area contributed by atoms with Crippen LogP contribution in [-0.4, -0.2) is 30.6 Å². The first-order valence-electron chi connectivity index (χ1n) is 10.6. The molecule has 0 bridgehead atoms. The summed E-state index contributed by atoms with van der Waals surface area (Å²) in [7, 11) is 0. The van der Waals surface area contributed by atoms with Gasteiger partial charge in [0.15, 0.2) is 5.96 Å². The molecule has 6 nitrogen and oxygen atoms in total. The first-order valence-corrected chi connectivity index (χ1v) is 10.6. The molecule has 0 fully saturated rings. The molecule has 2 aromatic rings. The van der Waals surface area contributed by atoms with Crippen molar-refractivity contribution in [2.75, 3.05) is 13.1 Å². The molecule has 0 aliphatic carbocycles. The van der Waals surface area contributed by atoms with Crippen LogP contribution in [0.5, 0.6) is 5.75 Å². The molecule has 3 rings (SSSR count). The Morgan fingerprint density at radius 1 is 1.07 bits per heavy atom. The summed E-state index contributed by atoms with van der Waals surface area (Å²) < 4.78 is 6.14. The second-order valence-electron chi connectivity index (χ2n) is 8.05. The third-order valence-electron chi connectivity index (χ3n) is 5.00. The fourth-order valence-corrected chi connectivity index (χ4v) is 3.61. The fraction of sp³-hybridized carbons (Fsp3) is 0.417. The van der Waals surface area contributed by atoms with Crippen LogP contribution >= 0.6 is 0 Å². The van der Waals surface area contributed by atoms with Crippen molar-refractivity contribution in [1.29, 1.82) is 0 Å². The molecule has 1 heterocycles. The molecule has 1 atom stereocenters. The van der Waals surface area contributed by atoms with Gasteiger partial charge in [-0.2, -0.15) is 0 Å². The van der Waals surface area contributed by atoms with Crippen LogP contribution in [-0.2, 0) is 6.54 Å². The van der Waals surface area contributed by atoms with Gasteiger partial charge < -0.3 is 20.7 Å². The molecule has 0 spiro atoms. The highest BCUT2D eigenvalue weighted by Crippen LogP contribution is 2.39. The van der Waals surface area contributed by atoms with Crippen molar-refractivity contribution in [2.24, 2.45) is 4.99 Å². The molecule has 2 aromatic carbocycles. The number of hydrogen-bond acceptors (Lipinski definition) is 3. The number of nitrogens with one attached hydrogen (secondary N) is 3. The summed E-state index contributed by atoms with van der Waals surface area (Å²) in [6.45, 7) is 10.1. The lowest BCUT2D eigenvalue weighted by Crippen LogP contribution is -2.45. The van der Waals surface area contributed by atoms with E-state index in [1.807, 2.05) is 49.4 Å². The Morgan fingerprint density at radius 2 is 1.77 bits per heavy atom. The van der Waals surface area contributed by atoms with Crippen LogP contribution in [0.4, 0.5) is 0 Å². The lowest BCUT2D eigenvalue weighted by molar-refractivity contribution is 0.0694. The molecule has 1 unspecified atom stereocenters. The van der Waals surface area contributed by atoms with Gasteiger partial charge in [0.1, 0.15) is 11.4 Å². The molecular formula is C24H32N4O2. The highest BCUT2D eigenvalue weighted by molar-refractivity contribution is 5.94. The van der Waals surface area contributed by atoms with Gasteiger partial charge in [-0.1, -0.05) is 30.3 Å². The summed E-state index contributed by atoms with van der Waals surface area (Å²) in [5.74, 6) is 1.63. The summed E-state index contributed by atoms with van der Waals surface area (Å²) in [6, 6.07) is 15.9. The van der Waals surface area contributed by atoms with Crippen molar-refractivity contribution in [2.45, 2.75) is 52.3 Å². The zero-order chi connectivity index (χ0) is 21.6. The van der Waals surface area contributed by atoms with E-state index in [9.17, 15) is 4.79 Å². The zero-order valence-corrected chi connectivity index (χ0v) is 18.3. The molecule has 30 heavy (non-hydrogen) atoms. The summed E-state index contributed by atoms with van der Waals surface area (Å²) in [6.07, 6.45) is 0.843. The maximum atomic E-state index is 11.9. The maximum absolute atomic E-state index is 11.9. The number of nitrogens with zero attached hydrogens (tertiary/aromatic N) is 1. The fourth-order valence-electron chi connectivity index (χ4n) is 3.61. The van der Waals surface area contributed by atoms with Crippen LogP contribution in [0.25, 0.3) is 0 Å². The highest BCUT2D eigenvalue weighted by atomic mass is 16.5. The van der Waals surface area contributed by atoms with Crippen molar-refractivity contribution >= 4 is 11.9 Å². The topological polar surface area (TPSA) is 74.8 Å². The van der Waals surface area contributed by atoms with Gasteiger partial charge in [0.25, 0.3) is 5.91 Å². The largest absolute Gasteiger partial charge is 0.487 e. The van der Waals surface area contributed by atoms with E-state index in [0.717, 1.165) is 35.8 Å². The van der Waals surface area contributed by atoms with Crippen molar-refractivity contribution < 1.29 is 9.53 Å². The SMILES string of the molecule is CCNC(=O)c1ccc(CN=C(NCC)NC2CC(C)(C)Oc3ccccc32)cc1. The Balaban J connectivity index is 1.73. The Labute approximate surface area is 179 Å². The first kappa shape index (κ1) is 21.7. The van der Waals surface area contributed by atoms with Crippen LogP contribution < -0.4 is 20.7 Å². The molecule has 160 valence electrons. The second kappa shape index (κ2) is 9.65. The van der Waals surface area contributed by atoms with E-state index in [-0.39, 0.29) is 17.6 Å². The highest BCUT2D eigenvalue weighted by Gasteiger charge is 2.33. The van der Waals surface area contributed by atoms with Gasteiger partial charge in [-0.15, -0.1) is 0 Å². The standard InChI is InChI=1S/C24H32N4O2/c1-5-25-22(29)18-13-11-17(12-14-18)16-27-23(26-6-2)28-20-15-24(3,4)30-21-10-8-7-9-19(20)21/h7-14,20H,5-6,15-16H2,1-4H3,(H,25,29)(H2,26,27,28). The number of aliphatic imine (C=N–C) groups is 1. The van der Waals surface area contributed by atoms with E-state index in [0.29, 0.717) is 18.7 Å². The van der Waals surface area contributed by atoms with Crippen molar-refractivity contribution in [1.82, 2.24) is 16.0 Å². The zero-order valence-electron chi connectivity index (χ0n) is 18.3. The molecule has 6 heteroatoms. The molecule has 0 aromatic heterocycles. The van der Waals surface area contributed by atoms with Gasteiger partial charge in [0.05, 0.1) is 12.6 Å². The number of ether oxygens (including phenoxy) is 1. The third-order valence-corrected chi connectivity index (χ3v) is 5.00.